The van der Waals surface area contributed by atoms with Crippen LogP contribution in [0.25, 0.3) is 11.0 Å². The number of aromatic nitrogens is 4. The Kier molecular flexibility index (Phi) is 3.10. The molecule has 1 amide bonds. The highest BCUT2D eigenvalue weighted by Gasteiger charge is 2.31. The summed E-state index contributed by atoms with van der Waals surface area (Å²) in [5.74, 6) is 0.0288. The fourth-order valence-electron chi connectivity index (χ4n) is 3.02. The standard InChI is InChI=1S/C15H15N5O2/c21-15(10-20-14-5-2-1-4-11(14)16-18-20)19-8-3-6-13(19)12-7-9-22-17-12/h1-2,4-5,7,9,13H,3,6,8,10H2/t13-/m0/s1. The second-order valence-electron chi connectivity index (χ2n) is 5.41. The molecule has 112 valence electrons. The van der Waals surface area contributed by atoms with Gasteiger partial charge in [-0.15, -0.1) is 5.10 Å². The quantitative estimate of drug-likeness (QED) is 0.736. The van der Waals surface area contributed by atoms with Gasteiger partial charge in [0.05, 0.1) is 11.6 Å². The Morgan fingerprint density at radius 2 is 2.23 bits per heavy atom. The van der Waals surface area contributed by atoms with E-state index < -0.39 is 0 Å². The van der Waals surface area contributed by atoms with Crippen LogP contribution in [0.5, 0.6) is 0 Å². The van der Waals surface area contributed by atoms with Crippen molar-refractivity contribution in [1.29, 1.82) is 0 Å². The highest BCUT2D eigenvalue weighted by Crippen LogP contribution is 2.31. The molecule has 7 nitrogen and oxygen atoms in total. The van der Waals surface area contributed by atoms with E-state index in [0.29, 0.717) is 0 Å². The van der Waals surface area contributed by atoms with Gasteiger partial charge in [0, 0.05) is 12.6 Å². The van der Waals surface area contributed by atoms with Crippen LogP contribution in [0.2, 0.25) is 0 Å². The van der Waals surface area contributed by atoms with E-state index in [9.17, 15) is 4.79 Å². The minimum Gasteiger partial charge on any atom is -0.364 e. The molecule has 22 heavy (non-hydrogen) atoms. The lowest BCUT2D eigenvalue weighted by molar-refractivity contribution is -0.133. The van der Waals surface area contributed by atoms with Crippen LogP contribution in [0.3, 0.4) is 0 Å². The van der Waals surface area contributed by atoms with E-state index in [-0.39, 0.29) is 18.5 Å². The van der Waals surface area contributed by atoms with E-state index in [0.717, 1.165) is 36.1 Å². The Hall–Kier alpha value is -2.70. The summed E-state index contributed by atoms with van der Waals surface area (Å²) in [7, 11) is 0. The zero-order valence-electron chi connectivity index (χ0n) is 11.9. The second-order valence-corrected chi connectivity index (χ2v) is 5.41. The van der Waals surface area contributed by atoms with Crippen LogP contribution in [-0.4, -0.2) is 37.5 Å². The number of benzene rings is 1. The maximum absolute atomic E-state index is 12.6. The lowest BCUT2D eigenvalue weighted by Gasteiger charge is -2.22. The number of rotatable bonds is 3. The van der Waals surface area contributed by atoms with Gasteiger partial charge in [0.2, 0.25) is 5.91 Å². The zero-order valence-corrected chi connectivity index (χ0v) is 11.9. The van der Waals surface area contributed by atoms with Gasteiger partial charge in [-0.3, -0.25) is 4.79 Å². The van der Waals surface area contributed by atoms with E-state index in [1.54, 1.807) is 10.9 Å². The number of likely N-dealkylation sites (tertiary alicyclic amines) is 1. The first-order valence-corrected chi connectivity index (χ1v) is 7.31. The lowest BCUT2D eigenvalue weighted by Crippen LogP contribution is -2.33. The Balaban J connectivity index is 1.57. The van der Waals surface area contributed by atoms with Crippen molar-refractivity contribution in [2.24, 2.45) is 0 Å². The highest BCUT2D eigenvalue weighted by molar-refractivity contribution is 5.80. The molecule has 1 saturated heterocycles. The number of nitrogens with zero attached hydrogens (tertiary/aromatic N) is 5. The summed E-state index contributed by atoms with van der Waals surface area (Å²) in [6.45, 7) is 0.928. The van der Waals surface area contributed by atoms with Crippen molar-refractivity contribution < 1.29 is 9.32 Å². The topological polar surface area (TPSA) is 77.0 Å². The molecule has 0 spiro atoms. The largest absolute Gasteiger partial charge is 0.364 e. The fourth-order valence-corrected chi connectivity index (χ4v) is 3.02. The van der Waals surface area contributed by atoms with Gasteiger partial charge in [-0.25, -0.2) is 4.68 Å². The molecule has 1 aromatic carbocycles. The van der Waals surface area contributed by atoms with Crippen molar-refractivity contribution >= 4 is 16.9 Å². The van der Waals surface area contributed by atoms with Crippen molar-refractivity contribution in [3.8, 4) is 0 Å². The number of amides is 1. The number of hydrogen-bond acceptors (Lipinski definition) is 5. The van der Waals surface area contributed by atoms with E-state index in [1.165, 1.54) is 0 Å². The molecular formula is C15H15N5O2. The average molecular weight is 297 g/mol. The Labute approximate surface area is 126 Å². The predicted octanol–water partition coefficient (Wildman–Crippen LogP) is 1.78. The van der Waals surface area contributed by atoms with Crippen LogP contribution >= 0.6 is 0 Å². The van der Waals surface area contributed by atoms with Crippen LogP contribution in [0, 0.1) is 0 Å². The molecule has 1 atom stereocenters. The third-order valence-electron chi connectivity index (χ3n) is 4.08. The summed E-state index contributed by atoms with van der Waals surface area (Å²) in [5.41, 5.74) is 2.48. The number of carbonyl (C=O) groups excluding carboxylic acids is 1. The van der Waals surface area contributed by atoms with Crippen molar-refractivity contribution in [2.45, 2.75) is 25.4 Å². The Morgan fingerprint density at radius 3 is 3.09 bits per heavy atom. The van der Waals surface area contributed by atoms with E-state index in [4.69, 9.17) is 4.52 Å². The molecule has 1 aliphatic heterocycles. The molecule has 2 aromatic heterocycles. The van der Waals surface area contributed by atoms with Crippen molar-refractivity contribution in [1.82, 2.24) is 25.1 Å². The minimum atomic E-state index is 0.000959. The third kappa shape index (κ3) is 2.14. The SMILES string of the molecule is O=C(Cn1nnc2ccccc21)N1CCC[C@H]1c1ccon1. The number of para-hydroxylation sites is 1. The molecule has 0 radical (unpaired) electrons. The van der Waals surface area contributed by atoms with Gasteiger partial charge in [0.15, 0.2) is 0 Å². The summed E-state index contributed by atoms with van der Waals surface area (Å²) < 4.78 is 6.55. The second kappa shape index (κ2) is 5.25. The smallest absolute Gasteiger partial charge is 0.244 e. The van der Waals surface area contributed by atoms with E-state index in [1.807, 2.05) is 35.2 Å². The van der Waals surface area contributed by atoms with Gasteiger partial charge in [0.1, 0.15) is 24.0 Å². The fraction of sp³-hybridized carbons (Fsp3) is 0.333. The van der Waals surface area contributed by atoms with Crippen molar-refractivity contribution in [3.05, 3.63) is 42.3 Å². The van der Waals surface area contributed by atoms with Crippen LogP contribution in [0.15, 0.2) is 41.1 Å². The molecule has 1 aliphatic rings. The Morgan fingerprint density at radius 1 is 1.32 bits per heavy atom. The van der Waals surface area contributed by atoms with Gasteiger partial charge in [0.25, 0.3) is 0 Å². The maximum Gasteiger partial charge on any atom is 0.244 e. The highest BCUT2D eigenvalue weighted by atomic mass is 16.5. The molecule has 0 aliphatic carbocycles. The third-order valence-corrected chi connectivity index (χ3v) is 4.08. The molecule has 4 rings (SSSR count). The van der Waals surface area contributed by atoms with Crippen LogP contribution < -0.4 is 0 Å². The first kappa shape index (κ1) is 13.0. The molecule has 0 unspecified atom stereocenters. The number of fused-ring (bicyclic) bond motifs is 1. The van der Waals surface area contributed by atoms with Crippen molar-refractivity contribution in [2.75, 3.05) is 6.54 Å². The molecule has 3 heterocycles. The summed E-state index contributed by atoms with van der Waals surface area (Å²) in [4.78, 5) is 14.5. The van der Waals surface area contributed by atoms with Gasteiger partial charge in [-0.1, -0.05) is 22.5 Å². The first-order chi connectivity index (χ1) is 10.8. The zero-order chi connectivity index (χ0) is 14.9. The molecule has 3 aromatic rings. The number of hydrogen-bond donors (Lipinski definition) is 0. The molecule has 0 saturated carbocycles. The normalized spacial score (nSPS) is 18.2. The first-order valence-electron chi connectivity index (χ1n) is 7.31. The van der Waals surface area contributed by atoms with E-state index in [2.05, 4.69) is 15.5 Å². The molecule has 0 bridgehead atoms. The monoisotopic (exact) mass is 297 g/mol. The predicted molar refractivity (Wildman–Crippen MR) is 77.7 cm³/mol. The summed E-state index contributed by atoms with van der Waals surface area (Å²) in [5, 5.41) is 12.1. The molecular weight excluding hydrogens is 282 g/mol. The van der Waals surface area contributed by atoms with Gasteiger partial charge >= 0.3 is 0 Å². The van der Waals surface area contributed by atoms with Gasteiger partial charge in [-0.05, 0) is 25.0 Å². The average Bonchev–Trinajstić information content (AvgIpc) is 3.27. The maximum atomic E-state index is 12.6. The number of carbonyl (C=O) groups is 1. The van der Waals surface area contributed by atoms with Gasteiger partial charge < -0.3 is 9.42 Å². The van der Waals surface area contributed by atoms with Gasteiger partial charge in [-0.2, -0.15) is 0 Å². The summed E-state index contributed by atoms with van der Waals surface area (Å²) in [6, 6.07) is 9.45. The molecule has 0 N–H and O–H groups in total. The lowest BCUT2D eigenvalue weighted by atomic mass is 10.1. The summed E-state index contributed by atoms with van der Waals surface area (Å²) >= 11 is 0. The van der Waals surface area contributed by atoms with Crippen LogP contribution in [-0.2, 0) is 11.3 Å². The molecule has 1 fully saturated rings. The van der Waals surface area contributed by atoms with Crippen LogP contribution in [0.1, 0.15) is 24.6 Å². The van der Waals surface area contributed by atoms with Crippen LogP contribution in [0.4, 0.5) is 0 Å². The minimum absolute atomic E-state index is 0.000959. The van der Waals surface area contributed by atoms with Crippen molar-refractivity contribution in [3.63, 3.8) is 0 Å². The van der Waals surface area contributed by atoms with E-state index >= 15 is 0 Å². The summed E-state index contributed by atoms with van der Waals surface area (Å²) in [6.07, 6.45) is 3.43. The molecule has 7 heteroatoms. The Bertz CT molecular complexity index is 795.